The van der Waals surface area contributed by atoms with Crippen molar-refractivity contribution in [2.24, 2.45) is 11.8 Å². The standard InChI is InChI=1S/C7H12N2O3/c1-4-2-5(4)7(11)8-3-6(10)9-12/h4-5,12H,2-3H2,1H3,(H,8,11)(H,9,10). The van der Waals surface area contributed by atoms with Crippen LogP contribution in [0.2, 0.25) is 0 Å². The summed E-state index contributed by atoms with van der Waals surface area (Å²) in [6.07, 6.45) is 0.895. The van der Waals surface area contributed by atoms with Crippen molar-refractivity contribution in [3.05, 3.63) is 0 Å². The number of amides is 2. The maximum atomic E-state index is 11.1. The molecule has 0 aromatic heterocycles. The van der Waals surface area contributed by atoms with Gasteiger partial charge in [0.25, 0.3) is 5.91 Å². The average Bonchev–Trinajstić information content (AvgIpc) is 2.77. The van der Waals surface area contributed by atoms with Crippen LogP contribution in [0.25, 0.3) is 0 Å². The Morgan fingerprint density at radius 2 is 2.17 bits per heavy atom. The number of carbonyl (C=O) groups excluding carboxylic acids is 2. The van der Waals surface area contributed by atoms with Gasteiger partial charge in [-0.2, -0.15) is 0 Å². The molecule has 1 rings (SSSR count). The van der Waals surface area contributed by atoms with Crippen LogP contribution in [-0.4, -0.2) is 23.6 Å². The fourth-order valence-corrected chi connectivity index (χ4v) is 1.03. The van der Waals surface area contributed by atoms with Crippen molar-refractivity contribution in [3.8, 4) is 0 Å². The summed E-state index contributed by atoms with van der Waals surface area (Å²) in [6.45, 7) is 1.83. The minimum Gasteiger partial charge on any atom is -0.347 e. The number of hydrogen-bond acceptors (Lipinski definition) is 3. The Morgan fingerprint density at radius 3 is 2.58 bits per heavy atom. The number of hydroxylamine groups is 1. The van der Waals surface area contributed by atoms with Crippen LogP contribution in [0.5, 0.6) is 0 Å². The molecule has 1 aliphatic rings. The first-order valence-corrected chi connectivity index (χ1v) is 3.85. The van der Waals surface area contributed by atoms with E-state index in [0.29, 0.717) is 5.92 Å². The molecule has 3 N–H and O–H groups in total. The number of carbonyl (C=O) groups is 2. The molecule has 1 saturated carbocycles. The van der Waals surface area contributed by atoms with E-state index in [9.17, 15) is 9.59 Å². The molecule has 5 heteroatoms. The first kappa shape index (κ1) is 8.99. The molecule has 2 amide bonds. The lowest BCUT2D eigenvalue weighted by molar-refractivity contribution is -0.131. The molecule has 2 atom stereocenters. The van der Waals surface area contributed by atoms with E-state index in [4.69, 9.17) is 5.21 Å². The second kappa shape index (κ2) is 3.53. The van der Waals surface area contributed by atoms with Crippen LogP contribution in [0, 0.1) is 11.8 Å². The molecular formula is C7H12N2O3. The summed E-state index contributed by atoms with van der Waals surface area (Å²) in [7, 11) is 0. The summed E-state index contributed by atoms with van der Waals surface area (Å²) < 4.78 is 0. The van der Waals surface area contributed by atoms with Crippen LogP contribution >= 0.6 is 0 Å². The third-order valence-corrected chi connectivity index (χ3v) is 1.99. The van der Waals surface area contributed by atoms with E-state index in [1.165, 1.54) is 5.48 Å². The van der Waals surface area contributed by atoms with Gasteiger partial charge < -0.3 is 5.32 Å². The predicted molar refractivity (Wildman–Crippen MR) is 40.2 cm³/mol. The van der Waals surface area contributed by atoms with Crippen LogP contribution in [0.3, 0.4) is 0 Å². The second-order valence-electron chi connectivity index (χ2n) is 3.07. The van der Waals surface area contributed by atoms with Crippen molar-refractivity contribution < 1.29 is 14.8 Å². The Labute approximate surface area is 70.1 Å². The minimum absolute atomic E-state index is 0.0662. The average molecular weight is 172 g/mol. The van der Waals surface area contributed by atoms with Crippen LogP contribution in [-0.2, 0) is 9.59 Å². The summed E-state index contributed by atoms with van der Waals surface area (Å²) in [5.41, 5.74) is 1.44. The van der Waals surface area contributed by atoms with E-state index in [1.807, 2.05) is 6.92 Å². The summed E-state index contributed by atoms with van der Waals surface area (Å²) in [4.78, 5) is 21.5. The zero-order chi connectivity index (χ0) is 9.14. The largest absolute Gasteiger partial charge is 0.347 e. The second-order valence-corrected chi connectivity index (χ2v) is 3.07. The highest BCUT2D eigenvalue weighted by molar-refractivity contribution is 5.86. The van der Waals surface area contributed by atoms with Gasteiger partial charge in [-0.05, 0) is 12.3 Å². The third-order valence-electron chi connectivity index (χ3n) is 1.99. The van der Waals surface area contributed by atoms with Gasteiger partial charge in [-0.3, -0.25) is 14.8 Å². The zero-order valence-electron chi connectivity index (χ0n) is 6.83. The molecule has 0 bridgehead atoms. The van der Waals surface area contributed by atoms with E-state index in [1.54, 1.807) is 0 Å². The molecule has 0 aromatic rings. The van der Waals surface area contributed by atoms with Crippen LogP contribution in [0.1, 0.15) is 13.3 Å². The highest BCUT2D eigenvalue weighted by atomic mass is 16.5. The molecule has 0 spiro atoms. The topological polar surface area (TPSA) is 78.4 Å². The Kier molecular flexibility index (Phi) is 2.65. The quantitative estimate of drug-likeness (QED) is 0.387. The maximum absolute atomic E-state index is 11.1. The summed E-state index contributed by atoms with van der Waals surface area (Å²) >= 11 is 0. The number of nitrogens with one attached hydrogen (secondary N) is 2. The Hall–Kier alpha value is -1.10. The van der Waals surface area contributed by atoms with Crippen molar-refractivity contribution in [1.82, 2.24) is 10.8 Å². The number of rotatable bonds is 3. The smallest absolute Gasteiger partial charge is 0.262 e. The Balaban J connectivity index is 2.15. The monoisotopic (exact) mass is 172 g/mol. The summed E-state index contributed by atoms with van der Waals surface area (Å²) in [6, 6.07) is 0. The van der Waals surface area contributed by atoms with Crippen molar-refractivity contribution in [3.63, 3.8) is 0 Å². The normalized spacial score (nSPS) is 26.2. The van der Waals surface area contributed by atoms with E-state index < -0.39 is 5.91 Å². The fourth-order valence-electron chi connectivity index (χ4n) is 1.03. The summed E-state index contributed by atoms with van der Waals surface area (Å²) in [5.74, 6) is -0.207. The first-order valence-electron chi connectivity index (χ1n) is 3.85. The van der Waals surface area contributed by atoms with Gasteiger partial charge in [0.2, 0.25) is 5.91 Å². The van der Waals surface area contributed by atoms with Crippen molar-refractivity contribution >= 4 is 11.8 Å². The van der Waals surface area contributed by atoms with Gasteiger partial charge >= 0.3 is 0 Å². The van der Waals surface area contributed by atoms with Gasteiger partial charge in [0.05, 0.1) is 6.54 Å². The molecule has 1 aliphatic carbocycles. The van der Waals surface area contributed by atoms with Crippen molar-refractivity contribution in [2.75, 3.05) is 6.54 Å². The van der Waals surface area contributed by atoms with E-state index in [2.05, 4.69) is 5.32 Å². The molecule has 0 saturated heterocycles. The molecule has 0 aromatic carbocycles. The Morgan fingerprint density at radius 1 is 1.58 bits per heavy atom. The van der Waals surface area contributed by atoms with Gasteiger partial charge in [0.1, 0.15) is 0 Å². The van der Waals surface area contributed by atoms with E-state index in [0.717, 1.165) is 6.42 Å². The first-order chi connectivity index (χ1) is 5.65. The lowest BCUT2D eigenvalue weighted by atomic mass is 10.3. The number of hydrogen-bond donors (Lipinski definition) is 3. The van der Waals surface area contributed by atoms with Crippen LogP contribution in [0.15, 0.2) is 0 Å². The molecule has 2 unspecified atom stereocenters. The molecule has 12 heavy (non-hydrogen) atoms. The van der Waals surface area contributed by atoms with E-state index >= 15 is 0 Å². The van der Waals surface area contributed by atoms with Gasteiger partial charge in [0, 0.05) is 5.92 Å². The molecule has 5 nitrogen and oxygen atoms in total. The van der Waals surface area contributed by atoms with Crippen molar-refractivity contribution in [1.29, 1.82) is 0 Å². The maximum Gasteiger partial charge on any atom is 0.262 e. The van der Waals surface area contributed by atoms with Crippen LogP contribution in [0.4, 0.5) is 0 Å². The summed E-state index contributed by atoms with van der Waals surface area (Å²) in [5, 5.41) is 10.5. The van der Waals surface area contributed by atoms with Crippen LogP contribution < -0.4 is 10.8 Å². The molecule has 0 aliphatic heterocycles. The molecule has 0 heterocycles. The fraction of sp³-hybridized carbons (Fsp3) is 0.714. The lowest BCUT2D eigenvalue weighted by Crippen LogP contribution is -2.36. The van der Waals surface area contributed by atoms with Gasteiger partial charge in [-0.25, -0.2) is 5.48 Å². The zero-order valence-corrected chi connectivity index (χ0v) is 6.83. The van der Waals surface area contributed by atoms with Gasteiger partial charge in [-0.1, -0.05) is 6.92 Å². The highest BCUT2D eigenvalue weighted by Gasteiger charge is 2.38. The lowest BCUT2D eigenvalue weighted by Gasteiger charge is -2.01. The van der Waals surface area contributed by atoms with Crippen molar-refractivity contribution in [2.45, 2.75) is 13.3 Å². The third kappa shape index (κ3) is 2.20. The molecule has 1 fully saturated rings. The Bertz CT molecular complexity index is 205. The molecule has 68 valence electrons. The molecular weight excluding hydrogens is 160 g/mol. The van der Waals surface area contributed by atoms with E-state index in [-0.39, 0.29) is 18.4 Å². The molecule has 0 radical (unpaired) electrons. The van der Waals surface area contributed by atoms with Gasteiger partial charge in [0.15, 0.2) is 0 Å². The van der Waals surface area contributed by atoms with Gasteiger partial charge in [-0.15, -0.1) is 0 Å². The SMILES string of the molecule is CC1CC1C(=O)NCC(=O)NO. The predicted octanol–water partition coefficient (Wildman–Crippen LogP) is -0.736. The highest BCUT2D eigenvalue weighted by Crippen LogP contribution is 2.37. The minimum atomic E-state index is -0.600.